The van der Waals surface area contributed by atoms with Gasteiger partial charge >= 0.3 is 0 Å². The molecule has 0 amide bonds. The van der Waals surface area contributed by atoms with E-state index in [9.17, 15) is 9.59 Å². The van der Waals surface area contributed by atoms with Crippen LogP contribution in [0.3, 0.4) is 0 Å². The highest BCUT2D eigenvalue weighted by Crippen LogP contribution is 2.14. The van der Waals surface area contributed by atoms with E-state index in [2.05, 4.69) is 0 Å². The van der Waals surface area contributed by atoms with Crippen molar-refractivity contribution >= 4 is 11.6 Å². The van der Waals surface area contributed by atoms with Crippen molar-refractivity contribution in [2.24, 2.45) is 5.92 Å². The summed E-state index contributed by atoms with van der Waals surface area (Å²) in [5.74, 6) is 0.0183. The van der Waals surface area contributed by atoms with Gasteiger partial charge in [0.2, 0.25) is 0 Å². The van der Waals surface area contributed by atoms with E-state index < -0.39 is 0 Å². The molecule has 0 bridgehead atoms. The largest absolute Gasteiger partial charge is 0.299 e. The zero-order valence-corrected chi connectivity index (χ0v) is 5.26. The molecule has 0 N–H and O–H groups in total. The highest BCUT2D eigenvalue weighted by Gasteiger charge is 2.18. The quantitative estimate of drug-likeness (QED) is 0.516. The minimum atomic E-state index is -0.127. The Morgan fingerprint density at radius 1 is 1.78 bits per heavy atom. The fraction of sp³-hybridized carbons (Fsp3) is 0.429. The first-order chi connectivity index (χ1) is 4.20. The Kier molecular flexibility index (Phi) is 1.47. The van der Waals surface area contributed by atoms with Crippen LogP contribution < -0.4 is 0 Å². The maximum atomic E-state index is 10.6. The molecular formula is C7H8O2. The Morgan fingerprint density at radius 2 is 2.44 bits per heavy atom. The monoisotopic (exact) mass is 124 g/mol. The Labute approximate surface area is 53.6 Å². The molecule has 1 rings (SSSR count). The van der Waals surface area contributed by atoms with Gasteiger partial charge in [0.05, 0.1) is 0 Å². The van der Waals surface area contributed by atoms with Crippen LogP contribution >= 0.6 is 0 Å². The molecule has 1 unspecified atom stereocenters. The van der Waals surface area contributed by atoms with E-state index in [1.165, 1.54) is 13.0 Å². The molecule has 0 aromatic rings. The van der Waals surface area contributed by atoms with Crippen molar-refractivity contribution in [2.45, 2.75) is 13.3 Å². The van der Waals surface area contributed by atoms with E-state index in [0.717, 1.165) is 0 Å². The van der Waals surface area contributed by atoms with Crippen LogP contribution in [0.2, 0.25) is 0 Å². The van der Waals surface area contributed by atoms with Crippen LogP contribution in [0.25, 0.3) is 0 Å². The van der Waals surface area contributed by atoms with Crippen LogP contribution in [0, 0.1) is 5.92 Å². The fourth-order valence-corrected chi connectivity index (χ4v) is 0.856. The summed E-state index contributed by atoms with van der Waals surface area (Å²) in [4.78, 5) is 21.1. The summed E-state index contributed by atoms with van der Waals surface area (Å²) in [6.45, 7) is 1.51. The third-order valence-corrected chi connectivity index (χ3v) is 1.46. The standard InChI is InChI=1S/C7H8O2/c1-5(8)6-2-3-7(9)4-6/h2-3,6H,4H2,1H3. The minimum Gasteiger partial charge on any atom is -0.299 e. The SMILES string of the molecule is CC(=O)C1C=CC(=O)C1. The summed E-state index contributed by atoms with van der Waals surface area (Å²) in [7, 11) is 0. The molecule has 1 aliphatic carbocycles. The van der Waals surface area contributed by atoms with Crippen molar-refractivity contribution in [1.29, 1.82) is 0 Å². The summed E-state index contributed by atoms with van der Waals surface area (Å²) in [5, 5.41) is 0. The van der Waals surface area contributed by atoms with E-state index in [-0.39, 0.29) is 17.5 Å². The number of rotatable bonds is 1. The maximum absolute atomic E-state index is 10.6. The van der Waals surface area contributed by atoms with E-state index in [0.29, 0.717) is 6.42 Å². The van der Waals surface area contributed by atoms with E-state index in [1.807, 2.05) is 0 Å². The van der Waals surface area contributed by atoms with Gasteiger partial charge in [0.1, 0.15) is 5.78 Å². The summed E-state index contributed by atoms with van der Waals surface area (Å²) >= 11 is 0. The lowest BCUT2D eigenvalue weighted by molar-refractivity contribution is -0.122. The molecule has 0 aromatic carbocycles. The molecule has 0 saturated carbocycles. The molecule has 0 radical (unpaired) electrons. The van der Waals surface area contributed by atoms with E-state index in [1.54, 1.807) is 6.08 Å². The molecular weight excluding hydrogens is 116 g/mol. The molecule has 0 heterocycles. The fourth-order valence-electron chi connectivity index (χ4n) is 0.856. The Bertz CT molecular complexity index is 179. The number of carbonyl (C=O) groups excluding carboxylic acids is 2. The smallest absolute Gasteiger partial charge is 0.156 e. The van der Waals surface area contributed by atoms with Gasteiger partial charge in [-0.25, -0.2) is 0 Å². The van der Waals surface area contributed by atoms with Gasteiger partial charge in [0.15, 0.2) is 5.78 Å². The first kappa shape index (κ1) is 6.20. The lowest BCUT2D eigenvalue weighted by atomic mass is 10.1. The van der Waals surface area contributed by atoms with E-state index >= 15 is 0 Å². The second kappa shape index (κ2) is 2.13. The van der Waals surface area contributed by atoms with Gasteiger partial charge in [0.25, 0.3) is 0 Å². The predicted octanol–water partition coefficient (Wildman–Crippen LogP) is 0.721. The lowest BCUT2D eigenvalue weighted by Gasteiger charge is -1.96. The van der Waals surface area contributed by atoms with Gasteiger partial charge in [-0.1, -0.05) is 6.08 Å². The van der Waals surface area contributed by atoms with Gasteiger partial charge in [-0.15, -0.1) is 0 Å². The molecule has 0 saturated heterocycles. The second-order valence-corrected chi connectivity index (χ2v) is 2.25. The lowest BCUT2D eigenvalue weighted by Crippen LogP contribution is -2.05. The highest BCUT2D eigenvalue weighted by molar-refractivity contribution is 5.98. The van der Waals surface area contributed by atoms with Gasteiger partial charge < -0.3 is 0 Å². The summed E-state index contributed by atoms with van der Waals surface area (Å²) in [6, 6.07) is 0. The number of hydrogen-bond acceptors (Lipinski definition) is 2. The van der Waals surface area contributed by atoms with Crippen molar-refractivity contribution < 1.29 is 9.59 Å². The molecule has 1 atom stereocenters. The third-order valence-electron chi connectivity index (χ3n) is 1.46. The van der Waals surface area contributed by atoms with Gasteiger partial charge in [0, 0.05) is 12.3 Å². The highest BCUT2D eigenvalue weighted by atomic mass is 16.1. The van der Waals surface area contributed by atoms with Crippen molar-refractivity contribution in [3.63, 3.8) is 0 Å². The molecule has 1 aliphatic rings. The van der Waals surface area contributed by atoms with Crippen LogP contribution in [-0.2, 0) is 9.59 Å². The van der Waals surface area contributed by atoms with Crippen LogP contribution in [-0.4, -0.2) is 11.6 Å². The number of carbonyl (C=O) groups is 2. The van der Waals surface area contributed by atoms with Crippen LogP contribution in [0.15, 0.2) is 12.2 Å². The molecule has 0 fully saturated rings. The molecule has 0 aromatic heterocycles. The second-order valence-electron chi connectivity index (χ2n) is 2.25. The third kappa shape index (κ3) is 1.25. The van der Waals surface area contributed by atoms with Gasteiger partial charge in [-0.3, -0.25) is 9.59 Å². The first-order valence-corrected chi connectivity index (χ1v) is 2.91. The summed E-state index contributed by atoms with van der Waals surface area (Å²) < 4.78 is 0. The van der Waals surface area contributed by atoms with Gasteiger partial charge in [-0.2, -0.15) is 0 Å². The summed E-state index contributed by atoms with van der Waals surface area (Å²) in [5.41, 5.74) is 0. The van der Waals surface area contributed by atoms with Crippen LogP contribution in [0.4, 0.5) is 0 Å². The molecule has 0 spiro atoms. The molecule has 0 aliphatic heterocycles. The minimum absolute atomic E-state index is 0.0650. The molecule has 9 heavy (non-hydrogen) atoms. The topological polar surface area (TPSA) is 34.1 Å². The van der Waals surface area contributed by atoms with Gasteiger partial charge in [-0.05, 0) is 13.0 Å². The molecule has 48 valence electrons. The number of Topliss-reactive ketones (excluding diaryl/α,β-unsaturated/α-hetero) is 1. The zero-order chi connectivity index (χ0) is 6.85. The number of hydrogen-bond donors (Lipinski definition) is 0. The zero-order valence-electron chi connectivity index (χ0n) is 5.26. The average molecular weight is 124 g/mol. The Balaban J connectivity index is 2.60. The normalized spacial score (nSPS) is 25.0. The summed E-state index contributed by atoms with van der Waals surface area (Å²) in [6.07, 6.45) is 3.53. The van der Waals surface area contributed by atoms with Crippen LogP contribution in [0.1, 0.15) is 13.3 Å². The van der Waals surface area contributed by atoms with E-state index in [4.69, 9.17) is 0 Å². The molecule has 2 nitrogen and oxygen atoms in total. The van der Waals surface area contributed by atoms with Crippen molar-refractivity contribution in [3.05, 3.63) is 12.2 Å². The predicted molar refractivity (Wildman–Crippen MR) is 32.9 cm³/mol. The first-order valence-electron chi connectivity index (χ1n) is 2.91. The number of ketones is 2. The van der Waals surface area contributed by atoms with Crippen LogP contribution in [0.5, 0.6) is 0 Å². The van der Waals surface area contributed by atoms with Crippen molar-refractivity contribution in [3.8, 4) is 0 Å². The Hall–Kier alpha value is -0.920. The van der Waals surface area contributed by atoms with Crippen molar-refractivity contribution in [1.82, 2.24) is 0 Å². The Morgan fingerprint density at radius 3 is 2.67 bits per heavy atom. The molecule has 2 heteroatoms. The maximum Gasteiger partial charge on any atom is 0.156 e. The number of allylic oxidation sites excluding steroid dienone is 2. The average Bonchev–Trinajstić information content (AvgIpc) is 2.14. The van der Waals surface area contributed by atoms with Crippen molar-refractivity contribution in [2.75, 3.05) is 0 Å².